The quantitative estimate of drug-likeness (QED) is 0.392. The van der Waals surface area contributed by atoms with E-state index in [2.05, 4.69) is 64.1 Å². The number of carbonyl (C=O) groups is 2. The summed E-state index contributed by atoms with van der Waals surface area (Å²) in [6, 6.07) is 26.3. The van der Waals surface area contributed by atoms with Crippen molar-refractivity contribution in [2.24, 2.45) is 5.92 Å². The lowest BCUT2D eigenvalue weighted by molar-refractivity contribution is 0.0943. The summed E-state index contributed by atoms with van der Waals surface area (Å²) in [6.45, 7) is 2.47. The summed E-state index contributed by atoms with van der Waals surface area (Å²) in [5, 5.41) is 6.14. The highest BCUT2D eigenvalue weighted by molar-refractivity contribution is 6.09. The Morgan fingerprint density at radius 3 is 2.11 bits per heavy atom. The Kier molecular flexibility index (Phi) is 5.61. The van der Waals surface area contributed by atoms with Crippen LogP contribution in [-0.2, 0) is 0 Å². The van der Waals surface area contributed by atoms with E-state index in [4.69, 9.17) is 0 Å². The average Bonchev–Trinajstić information content (AvgIpc) is 2.93. The highest BCUT2D eigenvalue weighted by atomic mass is 16.2. The number of pyridine rings is 1. The van der Waals surface area contributed by atoms with Crippen LogP contribution >= 0.6 is 0 Å². The van der Waals surface area contributed by atoms with Gasteiger partial charge in [0, 0.05) is 36.3 Å². The van der Waals surface area contributed by atoms with Crippen LogP contribution in [0.4, 0.5) is 5.69 Å². The van der Waals surface area contributed by atoms with Crippen LogP contribution in [0.2, 0.25) is 0 Å². The van der Waals surface area contributed by atoms with Gasteiger partial charge in [0.25, 0.3) is 11.8 Å². The minimum Gasteiger partial charge on any atom is -0.352 e. The first-order valence-electron chi connectivity index (χ1n) is 12.4. The van der Waals surface area contributed by atoms with Gasteiger partial charge in [0.2, 0.25) is 0 Å². The summed E-state index contributed by atoms with van der Waals surface area (Å²) < 4.78 is 0. The van der Waals surface area contributed by atoms with Crippen molar-refractivity contribution in [3.63, 3.8) is 0 Å². The summed E-state index contributed by atoms with van der Waals surface area (Å²) in [5.74, 6) is 0.498. The van der Waals surface area contributed by atoms with E-state index < -0.39 is 0 Å². The number of hydrogen-bond donors (Lipinski definition) is 2. The van der Waals surface area contributed by atoms with E-state index in [-0.39, 0.29) is 17.7 Å². The molecular formula is C31H27N3O2. The molecule has 1 aromatic heterocycles. The number of anilines is 1. The molecule has 4 aromatic rings. The number of nitrogens with zero attached hydrogens (tertiary/aromatic N) is 1. The smallest absolute Gasteiger partial charge is 0.255 e. The molecule has 2 bridgehead atoms. The lowest BCUT2D eigenvalue weighted by Gasteiger charge is -2.45. The number of aryl methyl sites for hydroxylation is 1. The molecule has 0 spiro atoms. The van der Waals surface area contributed by atoms with E-state index >= 15 is 0 Å². The van der Waals surface area contributed by atoms with Gasteiger partial charge in [-0.3, -0.25) is 14.6 Å². The number of rotatable bonds is 5. The maximum atomic E-state index is 13.4. The molecule has 178 valence electrons. The predicted molar refractivity (Wildman–Crippen MR) is 140 cm³/mol. The van der Waals surface area contributed by atoms with Crippen molar-refractivity contribution in [2.45, 2.75) is 25.2 Å². The first kappa shape index (κ1) is 22.2. The van der Waals surface area contributed by atoms with Gasteiger partial charge < -0.3 is 10.6 Å². The fraction of sp³-hybridized carbons (Fsp3) is 0.194. The zero-order valence-electron chi connectivity index (χ0n) is 20.1. The summed E-state index contributed by atoms with van der Waals surface area (Å²) in [4.78, 5) is 30.2. The molecule has 0 radical (unpaired) electrons. The molecule has 1 atom stereocenters. The number of benzene rings is 3. The first-order chi connectivity index (χ1) is 17.6. The standard InChI is InChI=1S/C31H27N3O2/c1-19-7-6-12-26(29(19)34-30(35)20-13-15-32-16-14-20)31(36)33-18-21-17-27-22-8-2-4-10-24(22)28(21)25-11-5-3-9-23(25)27/h2-16,21,27-28H,17-18H2,1H3,(H,33,36)(H,34,35). The fourth-order valence-corrected chi connectivity index (χ4v) is 5.99. The number of amides is 2. The van der Waals surface area contributed by atoms with Crippen LogP contribution in [-0.4, -0.2) is 23.3 Å². The van der Waals surface area contributed by atoms with Gasteiger partial charge >= 0.3 is 0 Å². The second-order valence-corrected chi connectivity index (χ2v) is 9.68. The zero-order valence-corrected chi connectivity index (χ0v) is 20.1. The summed E-state index contributed by atoms with van der Waals surface area (Å²) >= 11 is 0. The number of fused-ring (bicyclic) bond motifs is 1. The normalized spacial score (nSPS) is 19.2. The highest BCUT2D eigenvalue weighted by Crippen LogP contribution is 2.55. The molecule has 5 nitrogen and oxygen atoms in total. The maximum Gasteiger partial charge on any atom is 0.255 e. The molecular weight excluding hydrogens is 446 g/mol. The molecule has 1 heterocycles. The molecule has 2 N–H and O–H groups in total. The Labute approximate surface area is 210 Å². The topological polar surface area (TPSA) is 71.1 Å². The van der Waals surface area contributed by atoms with Crippen LogP contribution in [0.1, 0.15) is 66.8 Å². The van der Waals surface area contributed by atoms with Crippen molar-refractivity contribution in [3.8, 4) is 0 Å². The van der Waals surface area contributed by atoms with E-state index in [0.29, 0.717) is 35.2 Å². The lowest BCUT2D eigenvalue weighted by Crippen LogP contribution is -2.39. The van der Waals surface area contributed by atoms with Crippen molar-refractivity contribution < 1.29 is 9.59 Å². The SMILES string of the molecule is Cc1cccc(C(=O)NCC2CC3c4ccccc4C2c2ccccc23)c1NC(=O)c1ccncc1. The van der Waals surface area contributed by atoms with Crippen molar-refractivity contribution >= 4 is 17.5 Å². The van der Waals surface area contributed by atoms with Crippen LogP contribution in [0.15, 0.2) is 91.3 Å². The minimum absolute atomic E-state index is 0.174. The number of nitrogens with one attached hydrogen (secondary N) is 2. The molecule has 5 heteroatoms. The first-order valence-corrected chi connectivity index (χ1v) is 12.4. The van der Waals surface area contributed by atoms with E-state index in [1.165, 1.54) is 22.3 Å². The molecule has 36 heavy (non-hydrogen) atoms. The van der Waals surface area contributed by atoms with Crippen LogP contribution in [0.5, 0.6) is 0 Å². The molecule has 0 saturated carbocycles. The maximum absolute atomic E-state index is 13.4. The third-order valence-corrected chi connectivity index (χ3v) is 7.65. The van der Waals surface area contributed by atoms with Crippen molar-refractivity contribution in [2.75, 3.05) is 11.9 Å². The number of aromatic nitrogens is 1. The van der Waals surface area contributed by atoms with Gasteiger partial charge in [-0.05, 0) is 65.3 Å². The van der Waals surface area contributed by atoms with Gasteiger partial charge in [-0.25, -0.2) is 0 Å². The number of carbonyl (C=O) groups excluding carboxylic acids is 2. The van der Waals surface area contributed by atoms with E-state index in [0.717, 1.165) is 12.0 Å². The highest BCUT2D eigenvalue weighted by Gasteiger charge is 2.42. The fourth-order valence-electron chi connectivity index (χ4n) is 5.99. The summed E-state index contributed by atoms with van der Waals surface area (Å²) in [7, 11) is 0. The average molecular weight is 474 g/mol. The van der Waals surface area contributed by atoms with Crippen molar-refractivity contribution in [1.29, 1.82) is 0 Å². The van der Waals surface area contributed by atoms with Gasteiger partial charge in [-0.2, -0.15) is 0 Å². The Balaban J connectivity index is 1.24. The Morgan fingerprint density at radius 2 is 1.44 bits per heavy atom. The monoisotopic (exact) mass is 473 g/mol. The molecule has 0 aliphatic heterocycles. The molecule has 0 fully saturated rings. The second-order valence-electron chi connectivity index (χ2n) is 9.68. The number of hydrogen-bond acceptors (Lipinski definition) is 3. The van der Waals surface area contributed by atoms with Crippen molar-refractivity contribution in [1.82, 2.24) is 10.3 Å². The van der Waals surface area contributed by atoms with Gasteiger partial charge in [0.15, 0.2) is 0 Å². The van der Waals surface area contributed by atoms with Gasteiger partial charge in [0.1, 0.15) is 0 Å². The predicted octanol–water partition coefficient (Wildman–Crippen LogP) is 5.67. The second kappa shape index (κ2) is 9.08. The van der Waals surface area contributed by atoms with Crippen LogP contribution in [0.3, 0.4) is 0 Å². The van der Waals surface area contributed by atoms with E-state index in [1.807, 2.05) is 19.1 Å². The van der Waals surface area contributed by atoms with Gasteiger partial charge in [-0.1, -0.05) is 60.7 Å². The minimum atomic E-state index is -0.265. The van der Waals surface area contributed by atoms with Crippen LogP contribution in [0, 0.1) is 12.8 Å². The van der Waals surface area contributed by atoms with Gasteiger partial charge in [0.05, 0.1) is 11.3 Å². The Hall–Kier alpha value is -4.25. The summed E-state index contributed by atoms with van der Waals surface area (Å²) in [5.41, 5.74) is 7.95. The molecule has 3 aliphatic carbocycles. The van der Waals surface area contributed by atoms with E-state index in [9.17, 15) is 9.59 Å². The molecule has 3 aromatic carbocycles. The van der Waals surface area contributed by atoms with Crippen LogP contribution < -0.4 is 10.6 Å². The zero-order chi connectivity index (χ0) is 24.6. The van der Waals surface area contributed by atoms with Crippen molar-refractivity contribution in [3.05, 3.63) is 130 Å². The third-order valence-electron chi connectivity index (χ3n) is 7.65. The molecule has 7 rings (SSSR count). The lowest BCUT2D eigenvalue weighted by atomic mass is 9.59. The molecule has 1 unspecified atom stereocenters. The number of para-hydroxylation sites is 1. The molecule has 0 saturated heterocycles. The largest absolute Gasteiger partial charge is 0.352 e. The Morgan fingerprint density at radius 1 is 0.806 bits per heavy atom. The Bertz CT molecular complexity index is 1420. The molecule has 2 amide bonds. The third kappa shape index (κ3) is 3.77. The summed E-state index contributed by atoms with van der Waals surface area (Å²) in [6.07, 6.45) is 4.17. The van der Waals surface area contributed by atoms with Gasteiger partial charge in [-0.15, -0.1) is 0 Å². The molecule has 3 aliphatic rings. The van der Waals surface area contributed by atoms with E-state index in [1.54, 1.807) is 30.6 Å². The van der Waals surface area contributed by atoms with Crippen LogP contribution in [0.25, 0.3) is 0 Å².